The predicted molar refractivity (Wildman–Crippen MR) is 101 cm³/mol. The molecule has 0 atom stereocenters. The summed E-state index contributed by atoms with van der Waals surface area (Å²) in [6.07, 6.45) is 0. The molecule has 0 radical (unpaired) electrons. The normalized spacial score (nSPS) is 11.1. The molecule has 3 aromatic carbocycles. The summed E-state index contributed by atoms with van der Waals surface area (Å²) in [5, 5.41) is 1.40. The Kier molecular flexibility index (Phi) is 4.01. The second-order valence-electron chi connectivity index (χ2n) is 5.65. The van der Waals surface area contributed by atoms with Crippen LogP contribution in [0.3, 0.4) is 0 Å². The van der Waals surface area contributed by atoms with Crippen molar-refractivity contribution < 1.29 is 0 Å². The third kappa shape index (κ3) is 2.91. The van der Waals surface area contributed by atoms with Gasteiger partial charge in [0, 0.05) is 22.2 Å². The summed E-state index contributed by atoms with van der Waals surface area (Å²) in [6.45, 7) is 0.747. The number of benzene rings is 3. The van der Waals surface area contributed by atoms with Gasteiger partial charge in [0.15, 0.2) is 0 Å². The third-order valence-corrected chi connectivity index (χ3v) is 4.48. The minimum Gasteiger partial charge on any atom is -0.319 e. The van der Waals surface area contributed by atoms with Crippen LogP contribution >= 0.6 is 23.2 Å². The highest BCUT2D eigenvalue weighted by Gasteiger charge is 2.13. The molecular weight excluding hydrogens is 339 g/mol. The second-order valence-corrected chi connectivity index (χ2v) is 6.52. The number of aromatic nitrogens is 2. The van der Waals surface area contributed by atoms with Gasteiger partial charge >= 0.3 is 0 Å². The fraction of sp³-hybridized carbons (Fsp3) is 0.0500. The summed E-state index contributed by atoms with van der Waals surface area (Å²) in [5.74, 6) is 0.910. The van der Waals surface area contributed by atoms with Crippen LogP contribution in [0.2, 0.25) is 10.0 Å². The molecule has 2 nitrogen and oxygen atoms in total. The summed E-state index contributed by atoms with van der Waals surface area (Å²) in [5.41, 5.74) is 4.21. The molecule has 0 N–H and O–H groups in total. The Bertz CT molecular complexity index is 990. The SMILES string of the molecule is Clc1ccc(-c2nc3cc(Cl)ccc3n2Cc2ccccc2)cc1. The van der Waals surface area contributed by atoms with Crippen LogP contribution in [0.1, 0.15) is 5.56 Å². The molecule has 0 unspecified atom stereocenters. The van der Waals surface area contributed by atoms with Crippen molar-refractivity contribution in [2.24, 2.45) is 0 Å². The predicted octanol–water partition coefficient (Wildman–Crippen LogP) is 6.06. The maximum atomic E-state index is 6.14. The van der Waals surface area contributed by atoms with Gasteiger partial charge in [0.1, 0.15) is 5.82 Å². The van der Waals surface area contributed by atoms with E-state index in [9.17, 15) is 0 Å². The number of nitrogens with zero attached hydrogens (tertiary/aromatic N) is 2. The first-order valence-corrected chi connectivity index (χ1v) is 8.42. The molecule has 4 heteroatoms. The van der Waals surface area contributed by atoms with Crippen molar-refractivity contribution in [3.05, 3.63) is 88.4 Å². The fourth-order valence-corrected chi connectivity index (χ4v) is 3.14. The van der Waals surface area contributed by atoms with Crippen LogP contribution in [0.4, 0.5) is 0 Å². The summed E-state index contributed by atoms with van der Waals surface area (Å²) < 4.78 is 2.21. The van der Waals surface area contributed by atoms with Crippen molar-refractivity contribution in [3.8, 4) is 11.4 Å². The minimum absolute atomic E-state index is 0.689. The molecule has 0 saturated carbocycles. The maximum Gasteiger partial charge on any atom is 0.141 e. The number of hydrogen-bond donors (Lipinski definition) is 0. The van der Waals surface area contributed by atoms with Gasteiger partial charge in [0.05, 0.1) is 11.0 Å². The molecule has 118 valence electrons. The molecule has 0 fully saturated rings. The molecule has 0 saturated heterocycles. The van der Waals surface area contributed by atoms with Gasteiger partial charge in [-0.25, -0.2) is 4.98 Å². The van der Waals surface area contributed by atoms with Crippen molar-refractivity contribution in [3.63, 3.8) is 0 Å². The number of fused-ring (bicyclic) bond motifs is 1. The van der Waals surface area contributed by atoms with E-state index in [1.807, 2.05) is 60.7 Å². The third-order valence-electron chi connectivity index (χ3n) is 4.00. The Hall–Kier alpha value is -2.29. The molecule has 4 rings (SSSR count). The fourth-order valence-electron chi connectivity index (χ4n) is 2.85. The molecule has 1 heterocycles. The van der Waals surface area contributed by atoms with E-state index < -0.39 is 0 Å². The molecule has 0 aliphatic heterocycles. The maximum absolute atomic E-state index is 6.14. The van der Waals surface area contributed by atoms with Crippen LogP contribution in [-0.4, -0.2) is 9.55 Å². The van der Waals surface area contributed by atoms with Gasteiger partial charge < -0.3 is 4.57 Å². The van der Waals surface area contributed by atoms with Crippen molar-refractivity contribution in [2.45, 2.75) is 6.54 Å². The summed E-state index contributed by atoms with van der Waals surface area (Å²) >= 11 is 12.2. The average Bonchev–Trinajstić information content (AvgIpc) is 2.94. The lowest BCUT2D eigenvalue weighted by molar-refractivity contribution is 0.834. The monoisotopic (exact) mass is 352 g/mol. The zero-order valence-corrected chi connectivity index (χ0v) is 14.3. The van der Waals surface area contributed by atoms with Crippen molar-refractivity contribution in [1.29, 1.82) is 0 Å². The average molecular weight is 353 g/mol. The van der Waals surface area contributed by atoms with Crippen molar-refractivity contribution in [2.75, 3.05) is 0 Å². The first kappa shape index (κ1) is 15.3. The van der Waals surface area contributed by atoms with Gasteiger partial charge in [0.2, 0.25) is 0 Å². The molecule has 4 aromatic rings. The lowest BCUT2D eigenvalue weighted by atomic mass is 10.2. The number of imidazole rings is 1. The summed E-state index contributed by atoms with van der Waals surface area (Å²) in [4.78, 5) is 4.81. The minimum atomic E-state index is 0.689. The molecule has 0 amide bonds. The molecule has 0 aliphatic rings. The van der Waals surface area contributed by atoms with Crippen LogP contribution in [0.25, 0.3) is 22.4 Å². The highest BCUT2D eigenvalue weighted by atomic mass is 35.5. The van der Waals surface area contributed by atoms with Gasteiger partial charge in [-0.1, -0.05) is 53.5 Å². The molecule has 24 heavy (non-hydrogen) atoms. The molecular formula is C20H14Cl2N2. The Morgan fingerprint density at radius 2 is 1.50 bits per heavy atom. The summed E-state index contributed by atoms with van der Waals surface area (Å²) in [7, 11) is 0. The van der Waals surface area contributed by atoms with Gasteiger partial charge in [-0.2, -0.15) is 0 Å². The van der Waals surface area contributed by atoms with Crippen LogP contribution in [-0.2, 0) is 6.54 Å². The number of hydrogen-bond acceptors (Lipinski definition) is 1. The number of halogens is 2. The molecule has 0 spiro atoms. The first-order valence-electron chi connectivity index (χ1n) is 7.66. The summed E-state index contributed by atoms with van der Waals surface area (Å²) in [6, 6.07) is 23.9. The van der Waals surface area contributed by atoms with Gasteiger partial charge in [0.25, 0.3) is 0 Å². The van der Waals surface area contributed by atoms with E-state index in [0.29, 0.717) is 10.0 Å². The van der Waals surface area contributed by atoms with E-state index in [2.05, 4.69) is 16.7 Å². The van der Waals surface area contributed by atoms with E-state index in [1.54, 1.807) is 0 Å². The van der Waals surface area contributed by atoms with E-state index in [0.717, 1.165) is 29.0 Å². The second kappa shape index (κ2) is 6.31. The largest absolute Gasteiger partial charge is 0.319 e. The van der Waals surface area contributed by atoms with Crippen LogP contribution in [0.15, 0.2) is 72.8 Å². The van der Waals surface area contributed by atoms with Gasteiger partial charge in [-0.3, -0.25) is 0 Å². The van der Waals surface area contributed by atoms with Crippen LogP contribution in [0.5, 0.6) is 0 Å². The highest BCUT2D eigenvalue weighted by Crippen LogP contribution is 2.28. The zero-order chi connectivity index (χ0) is 16.5. The van der Waals surface area contributed by atoms with Crippen molar-refractivity contribution >= 4 is 34.2 Å². The zero-order valence-electron chi connectivity index (χ0n) is 12.8. The topological polar surface area (TPSA) is 17.8 Å². The van der Waals surface area contributed by atoms with Gasteiger partial charge in [-0.05, 0) is 48.0 Å². The van der Waals surface area contributed by atoms with E-state index in [-0.39, 0.29) is 0 Å². The Balaban J connectivity index is 1.91. The smallest absolute Gasteiger partial charge is 0.141 e. The van der Waals surface area contributed by atoms with Crippen molar-refractivity contribution in [1.82, 2.24) is 9.55 Å². The lowest BCUT2D eigenvalue weighted by Crippen LogP contribution is -2.02. The van der Waals surface area contributed by atoms with Gasteiger partial charge in [-0.15, -0.1) is 0 Å². The Morgan fingerprint density at radius 3 is 2.25 bits per heavy atom. The quantitative estimate of drug-likeness (QED) is 0.438. The Morgan fingerprint density at radius 1 is 0.792 bits per heavy atom. The molecule has 1 aromatic heterocycles. The molecule has 0 bridgehead atoms. The van der Waals surface area contributed by atoms with E-state index in [4.69, 9.17) is 28.2 Å². The van der Waals surface area contributed by atoms with E-state index in [1.165, 1.54) is 5.56 Å². The van der Waals surface area contributed by atoms with Crippen LogP contribution < -0.4 is 0 Å². The Labute approximate surface area is 150 Å². The molecule has 0 aliphatic carbocycles. The standard InChI is InChI=1S/C20H14Cl2N2/c21-16-8-6-15(7-9-16)20-23-18-12-17(22)10-11-19(18)24(20)13-14-4-2-1-3-5-14/h1-12H,13H2. The lowest BCUT2D eigenvalue weighted by Gasteiger charge is -2.10. The van der Waals surface area contributed by atoms with Crippen LogP contribution in [0, 0.1) is 0 Å². The van der Waals surface area contributed by atoms with E-state index >= 15 is 0 Å². The highest BCUT2D eigenvalue weighted by molar-refractivity contribution is 6.31. The first-order chi connectivity index (χ1) is 11.7. The number of rotatable bonds is 3.